The van der Waals surface area contributed by atoms with Crippen molar-refractivity contribution in [3.63, 3.8) is 0 Å². The highest BCUT2D eigenvalue weighted by Crippen LogP contribution is 2.32. The van der Waals surface area contributed by atoms with Crippen LogP contribution >= 0.6 is 0 Å². The molecule has 4 aromatic rings. The first-order chi connectivity index (χ1) is 18.7. The average Bonchev–Trinajstić information content (AvgIpc) is 2.98. The van der Waals surface area contributed by atoms with Gasteiger partial charge in [-0.15, -0.1) is 0 Å². The summed E-state index contributed by atoms with van der Waals surface area (Å²) in [5.74, 6) is 1.95. The van der Waals surface area contributed by atoms with Crippen LogP contribution in [0.4, 0.5) is 5.69 Å². The molecule has 1 fully saturated rings. The fraction of sp³-hybridized carbons (Fsp3) is 0.267. The van der Waals surface area contributed by atoms with Crippen LogP contribution in [0.5, 0.6) is 17.2 Å². The normalized spacial score (nSPS) is 15.3. The molecule has 8 nitrogen and oxygen atoms in total. The Morgan fingerprint density at radius 2 is 1.50 bits per heavy atom. The zero-order valence-electron chi connectivity index (χ0n) is 21.2. The van der Waals surface area contributed by atoms with E-state index in [2.05, 4.69) is 27.0 Å². The third-order valence-corrected chi connectivity index (χ3v) is 6.87. The van der Waals surface area contributed by atoms with Crippen LogP contribution in [-0.2, 0) is 13.2 Å². The Hall–Kier alpha value is -4.30. The fourth-order valence-corrected chi connectivity index (χ4v) is 4.86. The maximum absolute atomic E-state index is 13.6. The van der Waals surface area contributed by atoms with E-state index in [1.165, 1.54) is 10.2 Å². The van der Waals surface area contributed by atoms with E-state index in [-0.39, 0.29) is 5.56 Å². The van der Waals surface area contributed by atoms with Gasteiger partial charge in [0.15, 0.2) is 11.5 Å². The summed E-state index contributed by atoms with van der Waals surface area (Å²) in [6, 6.07) is 25.5. The smallest absolute Gasteiger partial charge is 0.316 e. The highest BCUT2D eigenvalue weighted by molar-refractivity contribution is 5.57. The summed E-state index contributed by atoms with van der Waals surface area (Å²) in [6.07, 6.45) is 1.76. The van der Waals surface area contributed by atoms with Gasteiger partial charge in [-0.25, -0.2) is 0 Å². The quantitative estimate of drug-likeness (QED) is 0.374. The van der Waals surface area contributed by atoms with Crippen LogP contribution in [0.1, 0.15) is 11.1 Å². The molecule has 0 saturated carbocycles. The molecule has 2 aliphatic rings. The third kappa shape index (κ3) is 5.21. The zero-order chi connectivity index (χ0) is 25.7. The molecule has 1 saturated heterocycles. The van der Waals surface area contributed by atoms with E-state index in [0.29, 0.717) is 31.3 Å². The van der Waals surface area contributed by atoms with E-state index in [9.17, 15) is 4.79 Å². The van der Waals surface area contributed by atoms with Crippen molar-refractivity contribution >= 4 is 5.69 Å². The predicted octanol–water partition coefficient (Wildman–Crippen LogP) is 3.90. The van der Waals surface area contributed by atoms with Crippen molar-refractivity contribution in [2.45, 2.75) is 13.2 Å². The molecule has 194 valence electrons. The Balaban J connectivity index is 1.20. The van der Waals surface area contributed by atoms with Crippen molar-refractivity contribution in [3.05, 3.63) is 107 Å². The van der Waals surface area contributed by atoms with Gasteiger partial charge in [-0.2, -0.15) is 9.78 Å². The van der Waals surface area contributed by atoms with Crippen molar-refractivity contribution in [3.8, 4) is 22.9 Å². The number of hydrogen-bond acceptors (Lipinski definition) is 7. The Morgan fingerprint density at radius 3 is 2.26 bits per heavy atom. The van der Waals surface area contributed by atoms with Crippen LogP contribution in [0.2, 0.25) is 0 Å². The minimum Gasteiger partial charge on any atom is -0.486 e. The molecule has 0 N–H and O–H groups in total. The Kier molecular flexibility index (Phi) is 6.95. The molecule has 38 heavy (non-hydrogen) atoms. The van der Waals surface area contributed by atoms with Crippen LogP contribution in [-0.4, -0.2) is 54.1 Å². The first-order valence-corrected chi connectivity index (χ1v) is 12.9. The second-order valence-corrected chi connectivity index (χ2v) is 9.43. The van der Waals surface area contributed by atoms with Gasteiger partial charge in [0.2, 0.25) is 5.75 Å². The lowest BCUT2D eigenvalue weighted by atomic mass is 10.1. The Morgan fingerprint density at radius 1 is 0.789 bits per heavy atom. The number of nitrogens with zero attached hydrogens (tertiary/aromatic N) is 4. The first-order valence-electron chi connectivity index (χ1n) is 12.9. The van der Waals surface area contributed by atoms with Gasteiger partial charge in [-0.05, 0) is 35.4 Å². The summed E-state index contributed by atoms with van der Waals surface area (Å²) >= 11 is 0. The standard InChI is InChI=1S/C30H30N4O4/c35-30-29(38-22-23-7-3-1-4-8-23)26(20-31-34(30)25-9-5-2-6-10-25)33-15-13-32(14-16-33)21-24-11-12-27-28(19-24)37-18-17-36-27/h1-12,19-20H,13-18,21-22H2. The predicted molar refractivity (Wildman–Crippen MR) is 146 cm³/mol. The number of benzene rings is 3. The van der Waals surface area contributed by atoms with Gasteiger partial charge < -0.3 is 19.1 Å². The van der Waals surface area contributed by atoms with Crippen LogP contribution in [0.25, 0.3) is 5.69 Å². The van der Waals surface area contributed by atoms with E-state index < -0.39 is 0 Å². The second-order valence-electron chi connectivity index (χ2n) is 9.43. The molecule has 0 atom stereocenters. The van der Waals surface area contributed by atoms with Crippen LogP contribution in [0.3, 0.4) is 0 Å². The second kappa shape index (κ2) is 11.0. The number of ether oxygens (including phenoxy) is 3. The molecule has 2 aliphatic heterocycles. The van der Waals surface area contributed by atoms with Crippen molar-refractivity contribution in [1.82, 2.24) is 14.7 Å². The summed E-state index contributed by atoms with van der Waals surface area (Å²) in [6.45, 7) is 5.56. The summed E-state index contributed by atoms with van der Waals surface area (Å²) in [7, 11) is 0. The molecule has 0 bridgehead atoms. The molecule has 6 rings (SSSR count). The van der Waals surface area contributed by atoms with Crippen LogP contribution < -0.4 is 24.7 Å². The lowest BCUT2D eigenvalue weighted by molar-refractivity contribution is 0.171. The number of rotatable bonds is 7. The van der Waals surface area contributed by atoms with Gasteiger partial charge in [0.1, 0.15) is 25.5 Å². The van der Waals surface area contributed by atoms with Gasteiger partial charge in [0, 0.05) is 32.7 Å². The van der Waals surface area contributed by atoms with E-state index in [0.717, 1.165) is 55.5 Å². The maximum Gasteiger partial charge on any atom is 0.316 e. The molecule has 0 spiro atoms. The minimum absolute atomic E-state index is 0.261. The van der Waals surface area contributed by atoms with Gasteiger partial charge in [-0.1, -0.05) is 54.6 Å². The number of hydrogen-bond donors (Lipinski definition) is 0. The topological polar surface area (TPSA) is 69.1 Å². The first kappa shape index (κ1) is 24.1. The minimum atomic E-state index is -0.261. The SMILES string of the molecule is O=c1c(OCc2ccccc2)c(N2CCN(Cc3ccc4c(c3)OCCO4)CC2)cnn1-c1ccccc1. The largest absolute Gasteiger partial charge is 0.486 e. The molecular formula is C30H30N4O4. The molecule has 1 aromatic heterocycles. The lowest BCUT2D eigenvalue weighted by Gasteiger charge is -2.36. The fourth-order valence-electron chi connectivity index (χ4n) is 4.86. The van der Waals surface area contributed by atoms with Crippen molar-refractivity contribution in [2.75, 3.05) is 44.3 Å². The van der Waals surface area contributed by atoms with Crippen LogP contribution in [0, 0.1) is 0 Å². The molecule has 8 heteroatoms. The van der Waals surface area contributed by atoms with E-state index in [1.807, 2.05) is 66.7 Å². The monoisotopic (exact) mass is 510 g/mol. The van der Waals surface area contributed by atoms with Crippen molar-refractivity contribution < 1.29 is 14.2 Å². The summed E-state index contributed by atoms with van der Waals surface area (Å²) in [4.78, 5) is 18.2. The molecule has 0 amide bonds. The average molecular weight is 511 g/mol. The highest BCUT2D eigenvalue weighted by atomic mass is 16.6. The molecule has 0 aliphatic carbocycles. The third-order valence-electron chi connectivity index (χ3n) is 6.87. The number of fused-ring (bicyclic) bond motifs is 1. The van der Waals surface area contributed by atoms with E-state index >= 15 is 0 Å². The van der Waals surface area contributed by atoms with Gasteiger partial charge in [0.05, 0.1) is 11.9 Å². The summed E-state index contributed by atoms with van der Waals surface area (Å²) < 4.78 is 19.0. The number of para-hydroxylation sites is 1. The molecular weight excluding hydrogens is 480 g/mol. The Bertz CT molecular complexity index is 1430. The summed E-state index contributed by atoms with van der Waals surface area (Å²) in [5, 5.41) is 4.51. The lowest BCUT2D eigenvalue weighted by Crippen LogP contribution is -2.46. The van der Waals surface area contributed by atoms with Crippen molar-refractivity contribution in [2.24, 2.45) is 0 Å². The maximum atomic E-state index is 13.6. The van der Waals surface area contributed by atoms with E-state index in [4.69, 9.17) is 14.2 Å². The molecule has 0 radical (unpaired) electrons. The molecule has 3 heterocycles. The summed E-state index contributed by atoms with van der Waals surface area (Å²) in [5.41, 5.74) is 3.38. The zero-order valence-corrected chi connectivity index (χ0v) is 21.2. The van der Waals surface area contributed by atoms with Gasteiger partial charge >= 0.3 is 5.56 Å². The van der Waals surface area contributed by atoms with E-state index in [1.54, 1.807) is 6.20 Å². The van der Waals surface area contributed by atoms with Crippen LogP contribution in [0.15, 0.2) is 89.9 Å². The Labute approximate surface area is 221 Å². The van der Waals surface area contributed by atoms with Gasteiger partial charge in [0.25, 0.3) is 0 Å². The van der Waals surface area contributed by atoms with Crippen molar-refractivity contribution in [1.29, 1.82) is 0 Å². The van der Waals surface area contributed by atoms with Gasteiger partial charge in [-0.3, -0.25) is 9.69 Å². The number of piperazine rings is 1. The molecule has 3 aromatic carbocycles. The highest BCUT2D eigenvalue weighted by Gasteiger charge is 2.24. The molecule has 0 unspecified atom stereocenters. The number of aromatic nitrogens is 2. The number of anilines is 1.